The minimum Gasteiger partial charge on any atom is -0.452 e. The van der Waals surface area contributed by atoms with E-state index in [1.165, 1.54) is 16.5 Å². The molecule has 0 aliphatic rings. The molecule has 2 rings (SSSR count). The molecule has 0 aliphatic heterocycles. The molecule has 0 aromatic carbocycles. The summed E-state index contributed by atoms with van der Waals surface area (Å²) in [5.41, 5.74) is 0.646. The molecule has 0 spiro atoms. The Balaban J connectivity index is 1.95. The predicted molar refractivity (Wildman–Crippen MR) is 93.5 cm³/mol. The number of carbonyl (C=O) groups is 3. The van der Waals surface area contributed by atoms with Crippen LogP contribution in [0.5, 0.6) is 0 Å². The highest BCUT2D eigenvalue weighted by molar-refractivity contribution is 5.98. The Labute approximate surface area is 151 Å². The quantitative estimate of drug-likeness (QED) is 0.781. The molecule has 2 heterocycles. The number of carbonyl (C=O) groups excluding carboxylic acids is 3. The van der Waals surface area contributed by atoms with E-state index in [9.17, 15) is 14.4 Å². The standard InChI is InChI=1S/C17H23N5O4/c1-11-14(15-18-7-6-8-22(15)20-11)16(25)26-10-13(24)21(5)9-12(23)19-17(2,3)4/h6-8H,9-10H2,1-5H3,(H,19,23). The second-order valence-corrected chi connectivity index (χ2v) is 6.97. The van der Waals surface area contributed by atoms with E-state index in [2.05, 4.69) is 15.4 Å². The van der Waals surface area contributed by atoms with E-state index in [1.54, 1.807) is 25.4 Å². The summed E-state index contributed by atoms with van der Waals surface area (Å²) in [6.45, 7) is 6.62. The Hall–Kier alpha value is -2.97. The summed E-state index contributed by atoms with van der Waals surface area (Å²) >= 11 is 0. The molecule has 1 N–H and O–H groups in total. The molecule has 2 aromatic rings. The van der Waals surface area contributed by atoms with Crippen LogP contribution in [0.2, 0.25) is 0 Å². The zero-order valence-corrected chi connectivity index (χ0v) is 15.6. The number of fused-ring (bicyclic) bond motifs is 1. The monoisotopic (exact) mass is 361 g/mol. The van der Waals surface area contributed by atoms with Gasteiger partial charge in [0.1, 0.15) is 5.56 Å². The maximum atomic E-state index is 12.3. The van der Waals surface area contributed by atoms with Crippen molar-refractivity contribution in [2.75, 3.05) is 20.2 Å². The van der Waals surface area contributed by atoms with Crippen molar-refractivity contribution in [1.82, 2.24) is 24.8 Å². The second kappa shape index (κ2) is 7.51. The molecular formula is C17H23N5O4. The van der Waals surface area contributed by atoms with Gasteiger partial charge >= 0.3 is 5.97 Å². The van der Waals surface area contributed by atoms with E-state index in [0.717, 1.165) is 0 Å². The lowest BCUT2D eigenvalue weighted by Gasteiger charge is -2.23. The van der Waals surface area contributed by atoms with Gasteiger partial charge in [-0.05, 0) is 33.8 Å². The average Bonchev–Trinajstić information content (AvgIpc) is 2.86. The van der Waals surface area contributed by atoms with E-state index >= 15 is 0 Å². The number of esters is 1. The SMILES string of the molecule is Cc1nn2cccnc2c1C(=O)OCC(=O)N(C)CC(=O)NC(C)(C)C. The third kappa shape index (κ3) is 4.78. The number of amides is 2. The lowest BCUT2D eigenvalue weighted by molar-refractivity contribution is -0.137. The van der Waals surface area contributed by atoms with E-state index in [0.29, 0.717) is 11.3 Å². The number of nitrogens with one attached hydrogen (secondary N) is 1. The first-order valence-corrected chi connectivity index (χ1v) is 8.10. The minimum absolute atomic E-state index is 0.120. The van der Waals surface area contributed by atoms with Crippen LogP contribution in [0.3, 0.4) is 0 Å². The van der Waals surface area contributed by atoms with Gasteiger partial charge in [0.05, 0.1) is 12.2 Å². The van der Waals surface area contributed by atoms with Gasteiger partial charge in [0.2, 0.25) is 5.91 Å². The second-order valence-electron chi connectivity index (χ2n) is 6.97. The average molecular weight is 361 g/mol. The summed E-state index contributed by atoms with van der Waals surface area (Å²) in [5, 5.41) is 6.93. The number of rotatable bonds is 5. The van der Waals surface area contributed by atoms with Crippen molar-refractivity contribution in [1.29, 1.82) is 0 Å². The molecule has 0 bridgehead atoms. The number of aryl methyl sites for hydroxylation is 1. The maximum Gasteiger partial charge on any atom is 0.344 e. The molecule has 0 unspecified atom stereocenters. The fourth-order valence-electron chi connectivity index (χ4n) is 2.31. The molecule has 26 heavy (non-hydrogen) atoms. The molecule has 0 atom stereocenters. The lowest BCUT2D eigenvalue weighted by atomic mass is 10.1. The Kier molecular flexibility index (Phi) is 5.59. The number of hydrogen-bond acceptors (Lipinski definition) is 6. The van der Waals surface area contributed by atoms with Crippen molar-refractivity contribution in [3.63, 3.8) is 0 Å². The van der Waals surface area contributed by atoms with Crippen LogP contribution >= 0.6 is 0 Å². The molecule has 9 nitrogen and oxygen atoms in total. The Morgan fingerprint density at radius 1 is 1.31 bits per heavy atom. The largest absolute Gasteiger partial charge is 0.452 e. The van der Waals surface area contributed by atoms with Gasteiger partial charge in [0.15, 0.2) is 12.3 Å². The van der Waals surface area contributed by atoms with E-state index < -0.39 is 18.5 Å². The summed E-state index contributed by atoms with van der Waals surface area (Å²) in [7, 11) is 1.47. The fourth-order valence-corrected chi connectivity index (χ4v) is 2.31. The number of aromatic nitrogens is 3. The molecule has 0 saturated heterocycles. The molecule has 0 aliphatic carbocycles. The van der Waals surface area contributed by atoms with Crippen LogP contribution in [0.4, 0.5) is 0 Å². The lowest BCUT2D eigenvalue weighted by Crippen LogP contribution is -2.46. The van der Waals surface area contributed by atoms with Gasteiger partial charge in [0, 0.05) is 25.0 Å². The van der Waals surface area contributed by atoms with E-state index in [1.807, 2.05) is 20.8 Å². The summed E-state index contributed by atoms with van der Waals surface area (Å²) < 4.78 is 6.55. The zero-order valence-electron chi connectivity index (χ0n) is 15.6. The number of hydrogen-bond donors (Lipinski definition) is 1. The van der Waals surface area contributed by atoms with Crippen LogP contribution in [-0.4, -0.2) is 63.0 Å². The predicted octanol–water partition coefficient (Wildman–Crippen LogP) is 0.568. The third-order valence-corrected chi connectivity index (χ3v) is 3.42. The Bertz CT molecular complexity index is 837. The topological polar surface area (TPSA) is 106 Å². The van der Waals surface area contributed by atoms with Crippen LogP contribution < -0.4 is 5.32 Å². The van der Waals surface area contributed by atoms with Crippen LogP contribution in [0.1, 0.15) is 36.8 Å². The summed E-state index contributed by atoms with van der Waals surface area (Å²) in [6, 6.07) is 1.69. The molecule has 0 saturated carbocycles. The summed E-state index contributed by atoms with van der Waals surface area (Å²) in [4.78, 5) is 41.6. The van der Waals surface area contributed by atoms with E-state index in [-0.39, 0.29) is 23.6 Å². The smallest absolute Gasteiger partial charge is 0.344 e. The van der Waals surface area contributed by atoms with Gasteiger partial charge < -0.3 is 15.0 Å². The normalized spacial score (nSPS) is 11.3. The first-order valence-electron chi connectivity index (χ1n) is 8.10. The van der Waals surface area contributed by atoms with Crippen LogP contribution in [-0.2, 0) is 14.3 Å². The van der Waals surface area contributed by atoms with Gasteiger partial charge in [-0.15, -0.1) is 0 Å². The molecule has 2 amide bonds. The van der Waals surface area contributed by atoms with Crippen molar-refractivity contribution in [3.8, 4) is 0 Å². The number of nitrogens with zero attached hydrogens (tertiary/aromatic N) is 4. The molecule has 0 fully saturated rings. The third-order valence-electron chi connectivity index (χ3n) is 3.42. The van der Waals surface area contributed by atoms with Gasteiger partial charge in [0.25, 0.3) is 5.91 Å². The van der Waals surface area contributed by atoms with Crippen LogP contribution in [0.15, 0.2) is 18.5 Å². The molecule has 0 radical (unpaired) electrons. The molecule has 2 aromatic heterocycles. The Morgan fingerprint density at radius 2 is 2.00 bits per heavy atom. The summed E-state index contributed by atoms with van der Waals surface area (Å²) in [6.07, 6.45) is 3.21. The molecule has 140 valence electrons. The fraction of sp³-hybridized carbons (Fsp3) is 0.471. The van der Waals surface area contributed by atoms with Crippen molar-refractivity contribution in [3.05, 3.63) is 29.7 Å². The van der Waals surface area contributed by atoms with Crippen molar-refractivity contribution in [2.24, 2.45) is 0 Å². The van der Waals surface area contributed by atoms with Crippen LogP contribution in [0, 0.1) is 6.92 Å². The van der Waals surface area contributed by atoms with Gasteiger partial charge in [-0.25, -0.2) is 14.3 Å². The first-order chi connectivity index (χ1) is 12.1. The van der Waals surface area contributed by atoms with Crippen molar-refractivity contribution in [2.45, 2.75) is 33.2 Å². The number of likely N-dealkylation sites (N-methyl/N-ethyl adjacent to an activating group) is 1. The first kappa shape index (κ1) is 19.4. The molecule has 9 heteroatoms. The van der Waals surface area contributed by atoms with Crippen LogP contribution in [0.25, 0.3) is 5.65 Å². The zero-order chi connectivity index (χ0) is 19.5. The van der Waals surface area contributed by atoms with Gasteiger partial charge in [-0.3, -0.25) is 9.59 Å². The number of ether oxygens (including phenoxy) is 1. The minimum atomic E-state index is -0.683. The molecular weight excluding hydrogens is 338 g/mol. The highest BCUT2D eigenvalue weighted by Gasteiger charge is 2.22. The highest BCUT2D eigenvalue weighted by Crippen LogP contribution is 2.14. The Morgan fingerprint density at radius 3 is 2.65 bits per heavy atom. The van der Waals surface area contributed by atoms with E-state index in [4.69, 9.17) is 4.74 Å². The highest BCUT2D eigenvalue weighted by atomic mass is 16.5. The van der Waals surface area contributed by atoms with Crippen molar-refractivity contribution < 1.29 is 19.1 Å². The maximum absolute atomic E-state index is 12.3. The van der Waals surface area contributed by atoms with Crippen molar-refractivity contribution >= 4 is 23.4 Å². The van der Waals surface area contributed by atoms with Gasteiger partial charge in [-0.1, -0.05) is 0 Å². The van der Waals surface area contributed by atoms with Gasteiger partial charge in [-0.2, -0.15) is 5.10 Å². The summed E-state index contributed by atoms with van der Waals surface area (Å²) in [5.74, 6) is -1.45.